The summed E-state index contributed by atoms with van der Waals surface area (Å²) in [7, 11) is 0. The molecule has 5 aromatic carbocycles. The number of rotatable bonds is 6. The number of fused-ring (bicyclic) bond motifs is 2. The molecular weight excluding hydrogens is 597 g/mol. The summed E-state index contributed by atoms with van der Waals surface area (Å²) in [5.41, 5.74) is 9.53. The zero-order valence-corrected chi connectivity index (χ0v) is 28.2. The molecule has 240 valence electrons. The molecule has 0 spiro atoms. The van der Waals surface area contributed by atoms with Gasteiger partial charge >= 0.3 is 0 Å². The highest BCUT2D eigenvalue weighted by atomic mass is 15.0. The molecule has 1 unspecified atom stereocenters. The summed E-state index contributed by atoms with van der Waals surface area (Å²) in [6, 6.07) is 46.3. The normalized spacial score (nSPS) is 21.5. The summed E-state index contributed by atoms with van der Waals surface area (Å²) in [5.74, 6) is 4.21. The molecule has 1 heterocycles. The lowest BCUT2D eigenvalue weighted by Crippen LogP contribution is -2.42. The van der Waals surface area contributed by atoms with Crippen molar-refractivity contribution in [3.05, 3.63) is 139 Å². The van der Waals surface area contributed by atoms with E-state index < -0.39 is 0 Å². The Morgan fingerprint density at radius 1 is 0.531 bits per heavy atom. The van der Waals surface area contributed by atoms with E-state index in [1.54, 1.807) is 0 Å². The lowest BCUT2D eigenvalue weighted by Gasteiger charge is -2.50. The van der Waals surface area contributed by atoms with E-state index in [0.29, 0.717) is 23.0 Å². The van der Waals surface area contributed by atoms with E-state index in [2.05, 4.69) is 80.6 Å². The highest BCUT2D eigenvalue weighted by molar-refractivity contribution is 5.86. The van der Waals surface area contributed by atoms with Crippen LogP contribution in [0.15, 0.2) is 127 Å². The molecule has 4 heteroatoms. The van der Waals surface area contributed by atoms with Gasteiger partial charge in [-0.15, -0.1) is 0 Å². The first-order chi connectivity index (χ1) is 24.0. The molecule has 2 bridgehead atoms. The van der Waals surface area contributed by atoms with Crippen LogP contribution in [0.2, 0.25) is 0 Å². The number of nitriles is 1. The summed E-state index contributed by atoms with van der Waals surface area (Å²) in [6.07, 6.45) is 6.52. The van der Waals surface area contributed by atoms with E-state index in [-0.39, 0.29) is 5.41 Å². The van der Waals surface area contributed by atoms with Crippen LogP contribution in [0.25, 0.3) is 56.4 Å². The Hall–Kier alpha value is -5.40. The molecule has 4 nitrogen and oxygen atoms in total. The van der Waals surface area contributed by atoms with Gasteiger partial charge in [-0.05, 0) is 101 Å². The summed E-state index contributed by atoms with van der Waals surface area (Å²) in [5, 5.41) is 9.96. The van der Waals surface area contributed by atoms with Crippen LogP contribution in [0, 0.1) is 29.1 Å². The lowest BCUT2D eigenvalue weighted by molar-refractivity contribution is 0.0780. The van der Waals surface area contributed by atoms with Crippen molar-refractivity contribution in [3.63, 3.8) is 0 Å². The number of hydrogen-bond donors (Lipinski definition) is 0. The average Bonchev–Trinajstić information content (AvgIpc) is 3.14. The van der Waals surface area contributed by atoms with Crippen LogP contribution >= 0.6 is 0 Å². The molecule has 0 radical (unpaired) electrons. The van der Waals surface area contributed by atoms with Crippen LogP contribution in [0.5, 0.6) is 0 Å². The first-order valence-electron chi connectivity index (χ1n) is 17.6. The smallest absolute Gasteiger partial charge is 0.164 e. The third-order valence-corrected chi connectivity index (χ3v) is 10.7. The van der Waals surface area contributed by atoms with E-state index in [1.165, 1.54) is 37.7 Å². The van der Waals surface area contributed by atoms with Crippen LogP contribution < -0.4 is 0 Å². The molecular formula is C45H40N4. The van der Waals surface area contributed by atoms with Gasteiger partial charge < -0.3 is 0 Å². The Morgan fingerprint density at radius 3 is 1.67 bits per heavy atom. The third-order valence-electron chi connectivity index (χ3n) is 10.7. The molecule has 49 heavy (non-hydrogen) atoms. The van der Waals surface area contributed by atoms with E-state index in [4.69, 9.17) is 15.0 Å². The van der Waals surface area contributed by atoms with Gasteiger partial charge in [0.1, 0.15) is 0 Å². The molecule has 2 fully saturated rings. The van der Waals surface area contributed by atoms with E-state index in [0.717, 1.165) is 56.7 Å². The van der Waals surface area contributed by atoms with Crippen molar-refractivity contribution >= 4 is 0 Å². The SMILES string of the molecule is C[C@@H]1C[C@@H]2C[C@H](C)CC(c3cccc(-c4cc(C#N)ccc4-c4cccc(-c5nc(-c6ccccc6)nc(-c6ccccc6)n5)c4)c3)(C1)C2. The minimum atomic E-state index is 0.231. The van der Waals surface area contributed by atoms with Crippen molar-refractivity contribution in [2.75, 3.05) is 0 Å². The van der Waals surface area contributed by atoms with Crippen molar-refractivity contribution in [2.24, 2.45) is 17.8 Å². The Kier molecular flexibility index (Phi) is 8.14. The third kappa shape index (κ3) is 6.18. The maximum absolute atomic E-state index is 9.96. The molecule has 0 saturated heterocycles. The van der Waals surface area contributed by atoms with Gasteiger partial charge in [-0.25, -0.2) is 15.0 Å². The standard InChI is InChI=1S/C45H40N4/c1-30-21-33-22-31(2)27-45(26-30,28-33)39-18-10-16-37(25-39)41-23-32(29-46)19-20-40(41)36-15-9-17-38(24-36)44-48-42(34-11-5-3-6-12-34)47-43(49-44)35-13-7-4-8-14-35/h3-20,23-25,30-31,33H,21-22,26-28H2,1-2H3/t30-,31+,33-,45?. The second-order valence-electron chi connectivity index (χ2n) is 14.5. The van der Waals surface area contributed by atoms with Crippen LogP contribution in [0.1, 0.15) is 57.1 Å². The number of hydrogen-bond acceptors (Lipinski definition) is 4. The number of benzene rings is 5. The fourth-order valence-electron chi connectivity index (χ4n) is 8.94. The average molecular weight is 637 g/mol. The van der Waals surface area contributed by atoms with Gasteiger partial charge in [0.2, 0.25) is 0 Å². The van der Waals surface area contributed by atoms with Gasteiger partial charge in [0.05, 0.1) is 11.6 Å². The van der Waals surface area contributed by atoms with Crippen LogP contribution in [-0.4, -0.2) is 15.0 Å². The summed E-state index contributed by atoms with van der Waals surface area (Å²) >= 11 is 0. The summed E-state index contributed by atoms with van der Waals surface area (Å²) < 4.78 is 0. The van der Waals surface area contributed by atoms with Gasteiger partial charge in [0.15, 0.2) is 17.5 Å². The van der Waals surface area contributed by atoms with Gasteiger partial charge in [-0.3, -0.25) is 0 Å². The van der Waals surface area contributed by atoms with E-state index in [1.807, 2.05) is 66.7 Å². The van der Waals surface area contributed by atoms with Gasteiger partial charge in [-0.2, -0.15) is 5.26 Å². The second-order valence-corrected chi connectivity index (χ2v) is 14.5. The minimum absolute atomic E-state index is 0.231. The molecule has 2 aliphatic rings. The van der Waals surface area contributed by atoms with Crippen molar-refractivity contribution in [3.8, 4) is 62.5 Å². The molecule has 0 amide bonds. The predicted molar refractivity (Wildman–Crippen MR) is 198 cm³/mol. The van der Waals surface area contributed by atoms with Gasteiger partial charge in [0, 0.05) is 16.7 Å². The first-order valence-corrected chi connectivity index (χ1v) is 17.6. The Labute approximate surface area is 289 Å². The Bertz CT molecular complexity index is 2090. The molecule has 0 N–H and O–H groups in total. The van der Waals surface area contributed by atoms with Gasteiger partial charge in [-0.1, -0.05) is 123 Å². The highest BCUT2D eigenvalue weighted by Gasteiger charge is 2.45. The topological polar surface area (TPSA) is 62.5 Å². The molecule has 2 aliphatic carbocycles. The van der Waals surface area contributed by atoms with Crippen molar-refractivity contribution in [1.82, 2.24) is 15.0 Å². The maximum Gasteiger partial charge on any atom is 0.164 e. The summed E-state index contributed by atoms with van der Waals surface area (Å²) in [6.45, 7) is 4.89. The highest BCUT2D eigenvalue weighted by Crippen LogP contribution is 2.54. The summed E-state index contributed by atoms with van der Waals surface area (Å²) in [4.78, 5) is 14.8. The quantitative estimate of drug-likeness (QED) is 0.182. The Morgan fingerprint density at radius 2 is 1.06 bits per heavy atom. The van der Waals surface area contributed by atoms with Crippen molar-refractivity contribution in [2.45, 2.75) is 51.4 Å². The van der Waals surface area contributed by atoms with Crippen molar-refractivity contribution < 1.29 is 0 Å². The fourth-order valence-corrected chi connectivity index (χ4v) is 8.94. The fraction of sp³-hybridized carbons (Fsp3) is 0.244. The predicted octanol–water partition coefficient (Wildman–Crippen LogP) is 11.2. The first kappa shape index (κ1) is 30.9. The molecule has 2 saturated carbocycles. The van der Waals surface area contributed by atoms with Crippen LogP contribution in [-0.2, 0) is 5.41 Å². The van der Waals surface area contributed by atoms with Crippen molar-refractivity contribution in [1.29, 1.82) is 5.26 Å². The van der Waals surface area contributed by atoms with E-state index in [9.17, 15) is 5.26 Å². The number of nitrogens with zero attached hydrogens (tertiary/aromatic N) is 4. The maximum atomic E-state index is 9.96. The monoisotopic (exact) mass is 636 g/mol. The Balaban J connectivity index is 1.23. The van der Waals surface area contributed by atoms with Gasteiger partial charge in [0.25, 0.3) is 0 Å². The molecule has 4 atom stereocenters. The second kappa shape index (κ2) is 12.9. The van der Waals surface area contributed by atoms with E-state index >= 15 is 0 Å². The molecule has 8 rings (SSSR count). The largest absolute Gasteiger partial charge is 0.208 e. The van der Waals surface area contributed by atoms with Crippen LogP contribution in [0.4, 0.5) is 0 Å². The molecule has 1 aromatic heterocycles. The molecule has 0 aliphatic heterocycles. The minimum Gasteiger partial charge on any atom is -0.208 e. The van der Waals surface area contributed by atoms with Crippen LogP contribution in [0.3, 0.4) is 0 Å². The zero-order valence-electron chi connectivity index (χ0n) is 28.2. The zero-order chi connectivity index (χ0) is 33.4. The lowest BCUT2D eigenvalue weighted by atomic mass is 9.54. The number of aromatic nitrogens is 3. The molecule has 6 aromatic rings.